The highest BCUT2D eigenvalue weighted by Gasteiger charge is 2.33. The molecule has 2 aromatic heterocycles. The van der Waals surface area contributed by atoms with Gasteiger partial charge >= 0.3 is 0 Å². The van der Waals surface area contributed by atoms with Crippen LogP contribution in [0.3, 0.4) is 0 Å². The Hall–Kier alpha value is -5.03. The first-order valence-corrected chi connectivity index (χ1v) is 14.3. The fourth-order valence-electron chi connectivity index (χ4n) is 5.37. The zero-order valence-corrected chi connectivity index (χ0v) is 25.3. The largest absolute Gasteiger partial charge is 0.497 e. The number of nitrogens with one attached hydrogen (secondary N) is 1. The number of hydrogen-bond donors (Lipinski definition) is 1. The number of benzene rings is 3. The van der Waals surface area contributed by atoms with Gasteiger partial charge in [-0.2, -0.15) is 0 Å². The van der Waals surface area contributed by atoms with Crippen molar-refractivity contribution < 1.29 is 13.9 Å². The molecule has 0 spiro atoms. The van der Waals surface area contributed by atoms with E-state index >= 15 is 0 Å². The van der Waals surface area contributed by atoms with Gasteiger partial charge in [0.05, 0.1) is 41.4 Å². The van der Waals surface area contributed by atoms with Crippen LogP contribution in [0.4, 0.5) is 16.0 Å². The number of rotatable bonds is 7. The Labute approximate surface area is 257 Å². The number of amides is 1. The maximum Gasteiger partial charge on any atom is 0.267 e. The number of carbonyl (C=O) groups is 1. The minimum atomic E-state index is -0.664. The van der Waals surface area contributed by atoms with E-state index in [9.17, 15) is 14.0 Å². The molecule has 0 bridgehead atoms. The van der Waals surface area contributed by atoms with E-state index in [0.29, 0.717) is 41.8 Å². The standard InChI is InChI=1S/C32H29ClFN7O3/c1-18(29-38-25-10-6-9-24(33)26(25)32(43)41(29)22-8-5-7-21(34)15-22)35-28-27-30(37-19(2)36-28)40(17-39(3)31(27)42)16-20-11-13-23(44-4)14-12-20/h5-15,18H,16-17H2,1-4H3,(H,35,36,37). The van der Waals surface area contributed by atoms with Gasteiger partial charge in [0.25, 0.3) is 11.5 Å². The molecule has 5 aromatic rings. The Morgan fingerprint density at radius 3 is 2.52 bits per heavy atom. The number of carbonyl (C=O) groups excluding carboxylic acids is 1. The van der Waals surface area contributed by atoms with E-state index in [2.05, 4.69) is 15.3 Å². The lowest BCUT2D eigenvalue weighted by atomic mass is 10.1. The number of aromatic nitrogens is 4. The number of aryl methyl sites for hydroxylation is 1. The number of fused-ring (bicyclic) bond motifs is 2. The predicted octanol–water partition coefficient (Wildman–Crippen LogP) is 5.51. The van der Waals surface area contributed by atoms with Crippen LogP contribution >= 0.6 is 11.6 Å². The first-order valence-electron chi connectivity index (χ1n) is 13.9. The molecule has 10 nitrogen and oxygen atoms in total. The molecule has 224 valence electrons. The van der Waals surface area contributed by atoms with E-state index in [1.165, 1.54) is 22.8 Å². The summed E-state index contributed by atoms with van der Waals surface area (Å²) in [5.41, 5.74) is 1.54. The molecular weight excluding hydrogens is 585 g/mol. The van der Waals surface area contributed by atoms with Crippen molar-refractivity contribution in [1.82, 2.24) is 24.4 Å². The summed E-state index contributed by atoms with van der Waals surface area (Å²) in [6.45, 7) is 4.37. The minimum Gasteiger partial charge on any atom is -0.497 e. The fourth-order valence-corrected chi connectivity index (χ4v) is 5.62. The molecule has 6 rings (SSSR count). The van der Waals surface area contributed by atoms with Gasteiger partial charge in [0.15, 0.2) is 0 Å². The minimum absolute atomic E-state index is 0.218. The van der Waals surface area contributed by atoms with Gasteiger partial charge in [-0.15, -0.1) is 0 Å². The van der Waals surface area contributed by atoms with Crippen molar-refractivity contribution in [2.24, 2.45) is 0 Å². The van der Waals surface area contributed by atoms with Crippen LogP contribution in [0.25, 0.3) is 16.6 Å². The molecule has 3 aromatic carbocycles. The van der Waals surface area contributed by atoms with Crippen molar-refractivity contribution in [3.63, 3.8) is 0 Å². The van der Waals surface area contributed by atoms with E-state index in [1.807, 2.05) is 29.2 Å². The number of anilines is 2. The Balaban J connectivity index is 1.45. The molecule has 12 heteroatoms. The average Bonchev–Trinajstić information content (AvgIpc) is 2.99. The van der Waals surface area contributed by atoms with Crippen LogP contribution in [0.15, 0.2) is 71.5 Å². The summed E-state index contributed by atoms with van der Waals surface area (Å²) in [5, 5.41) is 3.78. The SMILES string of the molecule is COc1ccc(CN2CN(C)C(=O)c3c(NC(C)c4nc5cccc(Cl)c5c(=O)n4-c4cccc(F)c4)nc(C)nc32)cc1. The molecule has 0 fully saturated rings. The molecule has 3 heterocycles. The molecule has 1 amide bonds. The Kier molecular flexibility index (Phi) is 7.64. The Morgan fingerprint density at radius 1 is 1.05 bits per heavy atom. The summed E-state index contributed by atoms with van der Waals surface area (Å²) >= 11 is 6.42. The van der Waals surface area contributed by atoms with Crippen molar-refractivity contribution in [3.05, 3.63) is 111 Å². The normalized spacial score (nSPS) is 13.6. The second kappa shape index (κ2) is 11.6. The van der Waals surface area contributed by atoms with Gasteiger partial charge < -0.3 is 19.9 Å². The van der Waals surface area contributed by atoms with Gasteiger partial charge in [0.1, 0.15) is 40.4 Å². The second-order valence-corrected chi connectivity index (χ2v) is 11.0. The van der Waals surface area contributed by atoms with E-state index in [0.717, 1.165) is 11.3 Å². The highest BCUT2D eigenvalue weighted by molar-refractivity contribution is 6.35. The molecule has 1 N–H and O–H groups in total. The van der Waals surface area contributed by atoms with E-state index < -0.39 is 17.4 Å². The molecule has 1 atom stereocenters. The number of hydrogen-bond acceptors (Lipinski definition) is 8. The molecule has 1 aliphatic heterocycles. The molecular formula is C32H29ClFN7O3. The summed E-state index contributed by atoms with van der Waals surface area (Å²) in [6, 6.07) is 17.8. The van der Waals surface area contributed by atoms with Crippen molar-refractivity contribution in [2.45, 2.75) is 26.4 Å². The summed E-state index contributed by atoms with van der Waals surface area (Å²) in [6.07, 6.45) is 0. The predicted molar refractivity (Wildman–Crippen MR) is 167 cm³/mol. The van der Waals surface area contributed by atoms with Crippen LogP contribution in [0.1, 0.15) is 40.5 Å². The third-order valence-corrected chi connectivity index (χ3v) is 7.77. The first-order chi connectivity index (χ1) is 21.1. The van der Waals surface area contributed by atoms with Crippen LogP contribution < -0.4 is 20.5 Å². The zero-order valence-electron chi connectivity index (χ0n) is 24.5. The monoisotopic (exact) mass is 613 g/mol. The van der Waals surface area contributed by atoms with Gasteiger partial charge in [-0.3, -0.25) is 14.2 Å². The average molecular weight is 614 g/mol. The lowest BCUT2D eigenvalue weighted by molar-refractivity contribution is 0.0781. The third kappa shape index (κ3) is 5.30. The van der Waals surface area contributed by atoms with E-state index in [-0.39, 0.29) is 27.8 Å². The van der Waals surface area contributed by atoms with Crippen molar-refractivity contribution >= 4 is 40.0 Å². The third-order valence-electron chi connectivity index (χ3n) is 7.46. The summed E-state index contributed by atoms with van der Waals surface area (Å²) < 4.78 is 21.0. The van der Waals surface area contributed by atoms with Gasteiger partial charge in [-0.25, -0.2) is 19.3 Å². The molecule has 0 radical (unpaired) electrons. The van der Waals surface area contributed by atoms with Crippen LogP contribution in [0.5, 0.6) is 5.75 Å². The lowest BCUT2D eigenvalue weighted by Gasteiger charge is -2.36. The van der Waals surface area contributed by atoms with E-state index in [1.54, 1.807) is 57.2 Å². The number of methoxy groups -OCH3 is 1. The Bertz CT molecular complexity index is 1970. The number of halogens is 2. The van der Waals surface area contributed by atoms with Crippen molar-refractivity contribution in [3.8, 4) is 11.4 Å². The van der Waals surface area contributed by atoms with E-state index in [4.69, 9.17) is 21.3 Å². The summed E-state index contributed by atoms with van der Waals surface area (Å²) in [4.78, 5) is 45.1. The van der Waals surface area contributed by atoms with Crippen LogP contribution in [0, 0.1) is 12.7 Å². The van der Waals surface area contributed by atoms with Crippen molar-refractivity contribution in [2.75, 3.05) is 31.0 Å². The molecule has 1 unspecified atom stereocenters. The van der Waals surface area contributed by atoms with Gasteiger partial charge in [0.2, 0.25) is 0 Å². The topological polar surface area (TPSA) is 105 Å². The second-order valence-electron chi connectivity index (χ2n) is 10.6. The smallest absolute Gasteiger partial charge is 0.267 e. The van der Waals surface area contributed by atoms with Gasteiger partial charge in [-0.1, -0.05) is 35.9 Å². The molecule has 44 heavy (non-hydrogen) atoms. The molecule has 1 aliphatic rings. The maximum atomic E-state index is 14.4. The van der Waals surface area contributed by atoms with Gasteiger partial charge in [-0.05, 0) is 61.9 Å². The van der Waals surface area contributed by atoms with Crippen LogP contribution in [-0.2, 0) is 6.54 Å². The summed E-state index contributed by atoms with van der Waals surface area (Å²) in [7, 11) is 3.33. The Morgan fingerprint density at radius 2 is 1.80 bits per heavy atom. The molecule has 0 saturated carbocycles. The van der Waals surface area contributed by atoms with Crippen LogP contribution in [-0.4, -0.2) is 51.2 Å². The summed E-state index contributed by atoms with van der Waals surface area (Å²) in [5.74, 6) is 1.52. The zero-order chi connectivity index (χ0) is 31.1. The van der Waals surface area contributed by atoms with Crippen LogP contribution in [0.2, 0.25) is 5.02 Å². The van der Waals surface area contributed by atoms with Crippen molar-refractivity contribution in [1.29, 1.82) is 0 Å². The van der Waals surface area contributed by atoms with Gasteiger partial charge in [0, 0.05) is 13.6 Å². The lowest BCUT2D eigenvalue weighted by Crippen LogP contribution is -2.45. The molecule has 0 saturated heterocycles. The number of ether oxygens (including phenoxy) is 1. The fraction of sp³-hybridized carbons (Fsp3) is 0.219. The maximum absolute atomic E-state index is 14.4. The molecule has 0 aliphatic carbocycles. The highest BCUT2D eigenvalue weighted by Crippen LogP contribution is 2.33. The number of nitrogens with zero attached hydrogens (tertiary/aromatic N) is 6. The first kappa shape index (κ1) is 29.1. The highest BCUT2D eigenvalue weighted by atomic mass is 35.5. The quantitative estimate of drug-likeness (QED) is 0.256.